The molecule has 0 radical (unpaired) electrons. The number of nitrogens with one attached hydrogen (secondary N) is 2. The van der Waals surface area contributed by atoms with Gasteiger partial charge in [0.15, 0.2) is 0 Å². The number of carbonyl (C=O) groups is 2. The molecule has 8 nitrogen and oxygen atoms in total. The first-order valence-electron chi connectivity index (χ1n) is 5.44. The number of anilines is 2. The highest BCUT2D eigenvalue weighted by atomic mass is 16.2. The van der Waals surface area contributed by atoms with Crippen LogP contribution in [0.4, 0.5) is 11.6 Å². The van der Waals surface area contributed by atoms with Crippen molar-refractivity contribution < 1.29 is 9.59 Å². The van der Waals surface area contributed by atoms with E-state index in [1.165, 1.54) is 0 Å². The van der Waals surface area contributed by atoms with Crippen LogP contribution in [-0.2, 0) is 9.59 Å². The number of hydrazine groups is 1. The molecule has 2 amide bonds. The number of amides is 2. The summed E-state index contributed by atoms with van der Waals surface area (Å²) in [6.45, 7) is 3.49. The molecule has 0 spiro atoms. The summed E-state index contributed by atoms with van der Waals surface area (Å²) >= 11 is 0. The largest absolute Gasteiger partial charge is 0.335 e. The Morgan fingerprint density at radius 3 is 2.89 bits per heavy atom. The maximum absolute atomic E-state index is 11.6. The summed E-state index contributed by atoms with van der Waals surface area (Å²) in [6.07, 6.45) is 0. The standard InChI is InChI=1S/C10H14N6O2/c1-5-10(18)14-9(17)4-16(5)8-3-7(15-11)12-6(2)13-8/h3,5H,4,11H2,1-2H3,(H,12,13,15)(H,14,17,18). The van der Waals surface area contributed by atoms with E-state index in [1.807, 2.05) is 0 Å². The number of hydrogen-bond acceptors (Lipinski definition) is 7. The first kappa shape index (κ1) is 12.2. The lowest BCUT2D eigenvalue weighted by Crippen LogP contribution is -2.57. The highest BCUT2D eigenvalue weighted by Crippen LogP contribution is 2.19. The summed E-state index contributed by atoms with van der Waals surface area (Å²) < 4.78 is 0. The molecule has 4 N–H and O–H groups in total. The molecule has 96 valence electrons. The number of rotatable bonds is 2. The van der Waals surface area contributed by atoms with E-state index >= 15 is 0 Å². The molecule has 0 aliphatic carbocycles. The highest BCUT2D eigenvalue weighted by Gasteiger charge is 2.31. The second-order valence-corrected chi connectivity index (χ2v) is 4.02. The van der Waals surface area contributed by atoms with Crippen LogP contribution in [0.5, 0.6) is 0 Å². The predicted molar refractivity (Wildman–Crippen MR) is 64.5 cm³/mol. The van der Waals surface area contributed by atoms with Crippen LogP contribution >= 0.6 is 0 Å². The lowest BCUT2D eigenvalue weighted by atomic mass is 10.2. The van der Waals surface area contributed by atoms with Crippen LogP contribution in [0, 0.1) is 6.92 Å². The van der Waals surface area contributed by atoms with Crippen LogP contribution in [0.3, 0.4) is 0 Å². The molecule has 18 heavy (non-hydrogen) atoms. The lowest BCUT2D eigenvalue weighted by Gasteiger charge is -2.32. The van der Waals surface area contributed by atoms with E-state index in [0.717, 1.165) is 0 Å². The summed E-state index contributed by atoms with van der Waals surface area (Å²) in [7, 11) is 0. The monoisotopic (exact) mass is 250 g/mol. The van der Waals surface area contributed by atoms with E-state index < -0.39 is 6.04 Å². The fourth-order valence-electron chi connectivity index (χ4n) is 1.77. The molecule has 0 aromatic carbocycles. The van der Waals surface area contributed by atoms with Crippen molar-refractivity contribution in [2.75, 3.05) is 16.9 Å². The van der Waals surface area contributed by atoms with Crippen molar-refractivity contribution in [1.29, 1.82) is 0 Å². The van der Waals surface area contributed by atoms with Crippen LogP contribution < -0.4 is 21.5 Å². The maximum atomic E-state index is 11.6. The van der Waals surface area contributed by atoms with Gasteiger partial charge in [0.2, 0.25) is 11.8 Å². The van der Waals surface area contributed by atoms with Gasteiger partial charge in [-0.3, -0.25) is 14.9 Å². The van der Waals surface area contributed by atoms with Gasteiger partial charge in [-0.1, -0.05) is 0 Å². The third-order valence-corrected chi connectivity index (χ3v) is 2.69. The summed E-state index contributed by atoms with van der Waals surface area (Å²) in [6, 6.07) is 1.12. The predicted octanol–water partition coefficient (Wildman–Crippen LogP) is -1.08. The van der Waals surface area contributed by atoms with Gasteiger partial charge < -0.3 is 10.3 Å². The molecule has 1 atom stereocenters. The molecule has 8 heteroatoms. The van der Waals surface area contributed by atoms with Crippen molar-refractivity contribution in [3.8, 4) is 0 Å². The molecule has 2 rings (SSSR count). The SMILES string of the molecule is Cc1nc(NN)cc(N2CC(=O)NC(=O)C2C)n1. The molecule has 1 aliphatic heterocycles. The summed E-state index contributed by atoms with van der Waals surface area (Å²) in [5, 5.41) is 2.27. The fraction of sp³-hybridized carbons (Fsp3) is 0.400. The molecular formula is C10H14N6O2. The Kier molecular flexibility index (Phi) is 3.11. The van der Waals surface area contributed by atoms with Crippen LogP contribution in [0.15, 0.2) is 6.07 Å². The topological polar surface area (TPSA) is 113 Å². The zero-order valence-electron chi connectivity index (χ0n) is 10.1. The van der Waals surface area contributed by atoms with Crippen molar-refractivity contribution >= 4 is 23.5 Å². The summed E-state index contributed by atoms with van der Waals surface area (Å²) in [4.78, 5) is 32.8. The van der Waals surface area contributed by atoms with E-state index in [4.69, 9.17) is 5.84 Å². The molecule has 1 aromatic rings. The molecule has 0 saturated carbocycles. The molecule has 0 bridgehead atoms. The number of imide groups is 1. The van der Waals surface area contributed by atoms with Gasteiger partial charge in [-0.25, -0.2) is 15.8 Å². The second kappa shape index (κ2) is 4.57. The third-order valence-electron chi connectivity index (χ3n) is 2.69. The molecule has 1 aliphatic rings. The van der Waals surface area contributed by atoms with Gasteiger partial charge in [0, 0.05) is 6.07 Å². The number of aromatic nitrogens is 2. The third kappa shape index (κ3) is 2.23. The Labute approximate surface area is 104 Å². The Bertz CT molecular complexity index is 503. The maximum Gasteiger partial charge on any atom is 0.249 e. The van der Waals surface area contributed by atoms with Gasteiger partial charge in [-0.05, 0) is 13.8 Å². The van der Waals surface area contributed by atoms with Gasteiger partial charge in [-0.2, -0.15) is 0 Å². The van der Waals surface area contributed by atoms with E-state index in [9.17, 15) is 9.59 Å². The summed E-state index contributed by atoms with van der Waals surface area (Å²) in [5.41, 5.74) is 2.42. The average Bonchev–Trinajstić information content (AvgIpc) is 2.32. The van der Waals surface area contributed by atoms with Crippen LogP contribution in [-0.4, -0.2) is 34.4 Å². The van der Waals surface area contributed by atoms with E-state index in [1.54, 1.807) is 24.8 Å². The number of hydrogen-bond donors (Lipinski definition) is 3. The number of aryl methyl sites for hydroxylation is 1. The first-order chi connectivity index (χ1) is 8.51. The quantitative estimate of drug-likeness (QED) is 0.347. The minimum atomic E-state index is -0.470. The van der Waals surface area contributed by atoms with Gasteiger partial charge in [0.25, 0.3) is 0 Å². The molecule has 1 fully saturated rings. The minimum Gasteiger partial charge on any atom is -0.335 e. The Morgan fingerprint density at radius 1 is 1.50 bits per heavy atom. The fourth-order valence-corrected chi connectivity index (χ4v) is 1.77. The number of nitrogens with zero attached hydrogens (tertiary/aromatic N) is 3. The van der Waals surface area contributed by atoms with Gasteiger partial charge in [-0.15, -0.1) is 0 Å². The van der Waals surface area contributed by atoms with Gasteiger partial charge in [0.1, 0.15) is 23.5 Å². The van der Waals surface area contributed by atoms with E-state index in [0.29, 0.717) is 17.5 Å². The molecule has 1 aromatic heterocycles. The summed E-state index contributed by atoms with van der Waals surface area (Å²) in [5.74, 6) is 6.04. The highest BCUT2D eigenvalue weighted by molar-refractivity contribution is 6.04. The first-order valence-corrected chi connectivity index (χ1v) is 5.44. The zero-order valence-corrected chi connectivity index (χ0v) is 10.1. The lowest BCUT2D eigenvalue weighted by molar-refractivity contribution is -0.132. The van der Waals surface area contributed by atoms with Crippen molar-refractivity contribution in [1.82, 2.24) is 15.3 Å². The van der Waals surface area contributed by atoms with Crippen LogP contribution in [0.1, 0.15) is 12.7 Å². The molecule has 1 saturated heterocycles. The second-order valence-electron chi connectivity index (χ2n) is 4.02. The van der Waals surface area contributed by atoms with Crippen LogP contribution in [0.25, 0.3) is 0 Å². The Balaban J connectivity index is 2.37. The molecular weight excluding hydrogens is 236 g/mol. The van der Waals surface area contributed by atoms with Crippen molar-refractivity contribution in [2.45, 2.75) is 19.9 Å². The van der Waals surface area contributed by atoms with Crippen molar-refractivity contribution in [3.63, 3.8) is 0 Å². The van der Waals surface area contributed by atoms with Crippen molar-refractivity contribution in [3.05, 3.63) is 11.9 Å². The average molecular weight is 250 g/mol. The number of piperazine rings is 1. The van der Waals surface area contributed by atoms with E-state index in [-0.39, 0.29) is 18.4 Å². The number of nitrogens with two attached hydrogens (primary N) is 1. The van der Waals surface area contributed by atoms with Crippen LogP contribution in [0.2, 0.25) is 0 Å². The van der Waals surface area contributed by atoms with Gasteiger partial charge >= 0.3 is 0 Å². The minimum absolute atomic E-state index is 0.0768. The zero-order chi connectivity index (χ0) is 13.3. The number of carbonyl (C=O) groups excluding carboxylic acids is 2. The van der Waals surface area contributed by atoms with Crippen molar-refractivity contribution in [2.24, 2.45) is 5.84 Å². The van der Waals surface area contributed by atoms with Gasteiger partial charge in [0.05, 0.1) is 6.54 Å². The Hall–Kier alpha value is -2.22. The smallest absolute Gasteiger partial charge is 0.249 e. The molecule has 2 heterocycles. The van der Waals surface area contributed by atoms with E-state index in [2.05, 4.69) is 20.7 Å². The normalized spacial score (nSPS) is 19.7. The number of nitrogen functional groups attached to an aromatic ring is 1. The Morgan fingerprint density at radius 2 is 2.22 bits per heavy atom. The molecule has 1 unspecified atom stereocenters.